The van der Waals surface area contributed by atoms with Crippen LogP contribution in [-0.2, 0) is 6.54 Å². The van der Waals surface area contributed by atoms with Crippen molar-refractivity contribution >= 4 is 0 Å². The highest BCUT2D eigenvalue weighted by atomic mass is 19.1. The molecule has 0 spiro atoms. The summed E-state index contributed by atoms with van der Waals surface area (Å²) >= 11 is 0. The second-order valence-electron chi connectivity index (χ2n) is 4.94. The average molecular weight is 207 g/mol. The molecule has 0 atom stereocenters. The maximum Gasteiger partial charge on any atom is 0.127 e. The zero-order chi connectivity index (χ0) is 10.9. The van der Waals surface area contributed by atoms with Crippen LogP contribution in [0.4, 0.5) is 4.39 Å². The maximum absolute atomic E-state index is 13.3. The molecule has 1 N–H and O–H groups in total. The Labute approximate surface area is 90.7 Å². The molecule has 1 aromatic carbocycles. The zero-order valence-electron chi connectivity index (χ0n) is 9.39. The fourth-order valence-electron chi connectivity index (χ4n) is 1.91. The van der Waals surface area contributed by atoms with Crippen molar-refractivity contribution < 1.29 is 4.39 Å². The second kappa shape index (κ2) is 3.93. The summed E-state index contributed by atoms with van der Waals surface area (Å²) in [5, 5.41) is 3.44. The van der Waals surface area contributed by atoms with Gasteiger partial charge in [0.2, 0.25) is 0 Å². The molecule has 0 saturated heterocycles. The predicted octanol–water partition coefficient (Wildman–Crippen LogP) is 3.10. The van der Waals surface area contributed by atoms with E-state index in [9.17, 15) is 4.39 Å². The molecular formula is C13H18FN. The fourth-order valence-corrected chi connectivity index (χ4v) is 1.91. The van der Waals surface area contributed by atoms with Crippen LogP contribution in [0.3, 0.4) is 0 Å². The number of benzene rings is 1. The Balaban J connectivity index is 1.95. The summed E-state index contributed by atoms with van der Waals surface area (Å²) in [5.41, 5.74) is 0.897. The highest BCUT2D eigenvalue weighted by Crippen LogP contribution is 2.39. The van der Waals surface area contributed by atoms with Crippen LogP contribution in [0.15, 0.2) is 24.3 Å². The summed E-state index contributed by atoms with van der Waals surface area (Å²) in [7, 11) is 0. The van der Waals surface area contributed by atoms with Crippen LogP contribution < -0.4 is 5.32 Å². The van der Waals surface area contributed by atoms with Crippen LogP contribution in [-0.4, -0.2) is 5.54 Å². The van der Waals surface area contributed by atoms with Gasteiger partial charge in [-0.3, -0.25) is 0 Å². The summed E-state index contributed by atoms with van der Waals surface area (Å²) < 4.78 is 13.3. The lowest BCUT2D eigenvalue weighted by molar-refractivity contribution is 0.337. The Morgan fingerprint density at radius 3 is 2.60 bits per heavy atom. The monoisotopic (exact) mass is 207 g/mol. The number of nitrogens with one attached hydrogen (secondary N) is 1. The van der Waals surface area contributed by atoms with Crippen LogP contribution in [0.2, 0.25) is 0 Å². The van der Waals surface area contributed by atoms with Crippen molar-refractivity contribution in [2.45, 2.75) is 38.8 Å². The van der Waals surface area contributed by atoms with E-state index < -0.39 is 0 Å². The van der Waals surface area contributed by atoms with E-state index in [-0.39, 0.29) is 11.4 Å². The third kappa shape index (κ3) is 2.57. The first kappa shape index (κ1) is 10.6. The minimum Gasteiger partial charge on any atom is -0.307 e. The first-order valence-electron chi connectivity index (χ1n) is 5.58. The molecule has 0 bridgehead atoms. The summed E-state index contributed by atoms with van der Waals surface area (Å²) in [5.74, 6) is 0.654. The van der Waals surface area contributed by atoms with Crippen molar-refractivity contribution in [1.82, 2.24) is 5.32 Å². The molecule has 1 aliphatic rings. The Kier molecular flexibility index (Phi) is 2.79. The van der Waals surface area contributed by atoms with E-state index >= 15 is 0 Å². The summed E-state index contributed by atoms with van der Waals surface area (Å²) in [6.07, 6.45) is 2.61. The highest BCUT2D eigenvalue weighted by Gasteiger charge is 2.37. The largest absolute Gasteiger partial charge is 0.307 e. The Hall–Kier alpha value is -0.890. The molecule has 82 valence electrons. The Bertz CT molecular complexity index is 342. The lowest BCUT2D eigenvalue weighted by Gasteiger charge is -2.26. The minimum absolute atomic E-state index is 0.114. The molecule has 15 heavy (non-hydrogen) atoms. The fraction of sp³-hybridized carbons (Fsp3) is 0.538. The summed E-state index contributed by atoms with van der Waals surface area (Å²) in [4.78, 5) is 0. The van der Waals surface area contributed by atoms with Gasteiger partial charge in [0.1, 0.15) is 5.82 Å². The highest BCUT2D eigenvalue weighted by molar-refractivity contribution is 5.17. The van der Waals surface area contributed by atoms with Gasteiger partial charge in [0.05, 0.1) is 0 Å². The van der Waals surface area contributed by atoms with Crippen LogP contribution in [0.1, 0.15) is 32.3 Å². The Morgan fingerprint density at radius 1 is 1.33 bits per heavy atom. The van der Waals surface area contributed by atoms with Gasteiger partial charge in [-0.1, -0.05) is 18.2 Å². The Morgan fingerprint density at radius 2 is 2.00 bits per heavy atom. The van der Waals surface area contributed by atoms with E-state index in [0.29, 0.717) is 6.54 Å². The van der Waals surface area contributed by atoms with Gasteiger partial charge in [-0.05, 0) is 38.7 Å². The standard InChI is InChI=1S/C13H18FN/c1-13(2,11-7-8-11)15-9-10-5-3-4-6-12(10)14/h3-6,11,15H,7-9H2,1-2H3. The van der Waals surface area contributed by atoms with Crippen LogP contribution in [0.25, 0.3) is 0 Å². The molecule has 1 aliphatic carbocycles. The van der Waals surface area contributed by atoms with E-state index in [0.717, 1.165) is 11.5 Å². The molecule has 1 saturated carbocycles. The molecule has 1 fully saturated rings. The summed E-state index contributed by atoms with van der Waals surface area (Å²) in [6.45, 7) is 5.02. The molecule has 2 heteroatoms. The lowest BCUT2D eigenvalue weighted by atomic mass is 9.98. The smallest absolute Gasteiger partial charge is 0.127 e. The van der Waals surface area contributed by atoms with Gasteiger partial charge in [0, 0.05) is 17.6 Å². The minimum atomic E-state index is -0.114. The number of hydrogen-bond acceptors (Lipinski definition) is 1. The second-order valence-corrected chi connectivity index (χ2v) is 4.94. The predicted molar refractivity (Wildman–Crippen MR) is 60.0 cm³/mol. The molecule has 0 radical (unpaired) electrons. The molecule has 0 amide bonds. The zero-order valence-corrected chi connectivity index (χ0v) is 9.39. The van der Waals surface area contributed by atoms with Crippen molar-refractivity contribution in [3.05, 3.63) is 35.6 Å². The van der Waals surface area contributed by atoms with Crippen LogP contribution >= 0.6 is 0 Å². The molecule has 0 heterocycles. The van der Waals surface area contributed by atoms with Crippen LogP contribution in [0, 0.1) is 11.7 Å². The van der Waals surface area contributed by atoms with Gasteiger partial charge in [0.25, 0.3) is 0 Å². The topological polar surface area (TPSA) is 12.0 Å². The van der Waals surface area contributed by atoms with Gasteiger partial charge in [0.15, 0.2) is 0 Å². The molecule has 0 aromatic heterocycles. The maximum atomic E-state index is 13.3. The van der Waals surface area contributed by atoms with E-state index in [1.165, 1.54) is 18.9 Å². The van der Waals surface area contributed by atoms with Gasteiger partial charge >= 0.3 is 0 Å². The van der Waals surface area contributed by atoms with E-state index in [2.05, 4.69) is 19.2 Å². The van der Waals surface area contributed by atoms with E-state index in [4.69, 9.17) is 0 Å². The van der Waals surface area contributed by atoms with Gasteiger partial charge in [-0.2, -0.15) is 0 Å². The van der Waals surface area contributed by atoms with E-state index in [1.807, 2.05) is 12.1 Å². The SMILES string of the molecule is CC(C)(NCc1ccccc1F)C1CC1. The van der Waals surface area contributed by atoms with Gasteiger partial charge in [-0.25, -0.2) is 4.39 Å². The molecular weight excluding hydrogens is 189 g/mol. The molecule has 1 aromatic rings. The average Bonchev–Trinajstić information content (AvgIpc) is 3.00. The first-order chi connectivity index (χ1) is 7.09. The quantitative estimate of drug-likeness (QED) is 0.800. The third-order valence-corrected chi connectivity index (χ3v) is 3.29. The number of halogens is 1. The van der Waals surface area contributed by atoms with Crippen molar-refractivity contribution in [2.75, 3.05) is 0 Å². The normalized spacial score (nSPS) is 16.7. The first-order valence-corrected chi connectivity index (χ1v) is 5.58. The van der Waals surface area contributed by atoms with E-state index in [1.54, 1.807) is 6.07 Å². The molecule has 1 nitrogen and oxygen atoms in total. The van der Waals surface area contributed by atoms with Gasteiger partial charge < -0.3 is 5.32 Å². The number of rotatable bonds is 4. The third-order valence-electron chi connectivity index (χ3n) is 3.29. The van der Waals surface area contributed by atoms with Crippen LogP contribution in [0.5, 0.6) is 0 Å². The molecule has 0 aliphatic heterocycles. The molecule has 0 unspecified atom stereocenters. The summed E-state index contributed by atoms with van der Waals surface area (Å²) in [6, 6.07) is 6.96. The van der Waals surface area contributed by atoms with Crippen molar-refractivity contribution in [3.8, 4) is 0 Å². The van der Waals surface area contributed by atoms with Gasteiger partial charge in [-0.15, -0.1) is 0 Å². The lowest BCUT2D eigenvalue weighted by Crippen LogP contribution is -2.40. The number of hydrogen-bond donors (Lipinski definition) is 1. The van der Waals surface area contributed by atoms with Crippen molar-refractivity contribution in [1.29, 1.82) is 0 Å². The van der Waals surface area contributed by atoms with Crippen molar-refractivity contribution in [2.24, 2.45) is 5.92 Å². The van der Waals surface area contributed by atoms with Crippen molar-refractivity contribution in [3.63, 3.8) is 0 Å². The molecule has 2 rings (SSSR count).